The van der Waals surface area contributed by atoms with Crippen molar-refractivity contribution in [3.8, 4) is 5.75 Å². The second-order valence-electron chi connectivity index (χ2n) is 6.96. The first-order chi connectivity index (χ1) is 14.1. The van der Waals surface area contributed by atoms with Gasteiger partial charge >= 0.3 is 0 Å². The van der Waals surface area contributed by atoms with Gasteiger partial charge in [0.1, 0.15) is 29.2 Å². The number of hydrogen-bond acceptors (Lipinski definition) is 4. The van der Waals surface area contributed by atoms with Crippen LogP contribution in [0.4, 0.5) is 8.78 Å². The molecule has 1 aliphatic rings. The van der Waals surface area contributed by atoms with Crippen molar-refractivity contribution in [3.63, 3.8) is 0 Å². The Bertz CT molecular complexity index is 970. The summed E-state index contributed by atoms with van der Waals surface area (Å²) in [4.78, 5) is 18.7. The number of halogens is 2. The molecule has 0 N–H and O–H groups in total. The van der Waals surface area contributed by atoms with Crippen LogP contribution in [0.5, 0.6) is 5.75 Å². The number of ether oxygens (including phenoxy) is 1. The molecular formula is C22H20F2N2O3. The zero-order valence-electron chi connectivity index (χ0n) is 15.7. The molecule has 0 radical (unpaired) electrons. The van der Waals surface area contributed by atoms with Gasteiger partial charge in [0.25, 0.3) is 5.91 Å². The van der Waals surface area contributed by atoms with Crippen LogP contribution in [-0.4, -0.2) is 28.9 Å². The van der Waals surface area contributed by atoms with Gasteiger partial charge in [-0.25, -0.2) is 13.8 Å². The summed E-state index contributed by atoms with van der Waals surface area (Å²) in [6.45, 7) is 0.469. The average Bonchev–Trinajstić information content (AvgIpc) is 3.38. The Kier molecular flexibility index (Phi) is 5.55. The van der Waals surface area contributed by atoms with E-state index in [-0.39, 0.29) is 30.2 Å². The summed E-state index contributed by atoms with van der Waals surface area (Å²) in [6.07, 6.45) is 3.76. The predicted molar refractivity (Wildman–Crippen MR) is 101 cm³/mol. The number of likely N-dealkylation sites (tertiary alicyclic amines) is 1. The predicted octanol–water partition coefficient (Wildman–Crippen LogP) is 4.29. The number of benzene rings is 2. The van der Waals surface area contributed by atoms with Gasteiger partial charge in [0, 0.05) is 13.0 Å². The Balaban J connectivity index is 1.38. The van der Waals surface area contributed by atoms with E-state index in [1.807, 2.05) is 0 Å². The third kappa shape index (κ3) is 4.62. The van der Waals surface area contributed by atoms with E-state index in [9.17, 15) is 13.6 Å². The first kappa shape index (κ1) is 19.1. The summed E-state index contributed by atoms with van der Waals surface area (Å²) in [5, 5.41) is 0. The lowest BCUT2D eigenvalue weighted by Gasteiger charge is -2.22. The Hall–Kier alpha value is -3.22. The largest absolute Gasteiger partial charge is 0.484 e. The normalized spacial score (nSPS) is 16.2. The molecule has 7 heteroatoms. The average molecular weight is 398 g/mol. The van der Waals surface area contributed by atoms with Gasteiger partial charge in [-0.05, 0) is 54.8 Å². The molecule has 1 aliphatic heterocycles. The molecule has 0 unspecified atom stereocenters. The number of carbonyl (C=O) groups excluding carboxylic acids is 1. The van der Waals surface area contributed by atoms with Crippen LogP contribution < -0.4 is 4.74 Å². The molecule has 3 aromatic rings. The van der Waals surface area contributed by atoms with E-state index in [0.717, 1.165) is 18.4 Å². The first-order valence-corrected chi connectivity index (χ1v) is 9.45. The zero-order chi connectivity index (χ0) is 20.2. The standard InChI is InChI=1S/C22H20F2N2O3/c23-16-5-3-15(4-6-16)12-19-13-25-22(29-19)20-2-1-11-26(20)21(27)14-28-18-9-7-17(24)8-10-18/h3-10,13,20H,1-2,11-12,14H2/t20-/m0/s1. The monoisotopic (exact) mass is 398 g/mol. The molecule has 150 valence electrons. The van der Waals surface area contributed by atoms with Crippen LogP contribution in [0.3, 0.4) is 0 Å². The summed E-state index contributed by atoms with van der Waals surface area (Å²) in [5.74, 6) is 0.783. The second kappa shape index (κ2) is 8.43. The van der Waals surface area contributed by atoms with Gasteiger partial charge in [0.05, 0.1) is 6.20 Å². The van der Waals surface area contributed by atoms with Crippen LogP contribution in [0.1, 0.15) is 36.1 Å². The minimum Gasteiger partial charge on any atom is -0.484 e. The highest BCUT2D eigenvalue weighted by molar-refractivity contribution is 5.78. The van der Waals surface area contributed by atoms with Crippen LogP contribution in [0.25, 0.3) is 0 Å². The molecule has 0 aliphatic carbocycles. The molecule has 1 atom stereocenters. The van der Waals surface area contributed by atoms with Gasteiger partial charge in [-0.2, -0.15) is 0 Å². The van der Waals surface area contributed by atoms with E-state index in [1.54, 1.807) is 23.2 Å². The van der Waals surface area contributed by atoms with Gasteiger partial charge in [-0.3, -0.25) is 4.79 Å². The molecule has 0 spiro atoms. The van der Waals surface area contributed by atoms with E-state index in [4.69, 9.17) is 9.15 Å². The first-order valence-electron chi connectivity index (χ1n) is 9.45. The zero-order valence-corrected chi connectivity index (χ0v) is 15.7. The number of oxazole rings is 1. The molecule has 2 heterocycles. The van der Waals surface area contributed by atoms with E-state index in [1.165, 1.54) is 36.4 Å². The summed E-state index contributed by atoms with van der Waals surface area (Å²) >= 11 is 0. The van der Waals surface area contributed by atoms with Crippen molar-refractivity contribution in [2.75, 3.05) is 13.2 Å². The van der Waals surface area contributed by atoms with Gasteiger partial charge < -0.3 is 14.1 Å². The third-order valence-corrected chi connectivity index (χ3v) is 4.90. The second-order valence-corrected chi connectivity index (χ2v) is 6.96. The topological polar surface area (TPSA) is 55.6 Å². The number of hydrogen-bond donors (Lipinski definition) is 0. The molecule has 1 aromatic heterocycles. The van der Waals surface area contributed by atoms with Crippen molar-refractivity contribution in [1.29, 1.82) is 0 Å². The number of nitrogens with zero attached hydrogens (tertiary/aromatic N) is 2. The summed E-state index contributed by atoms with van der Waals surface area (Å²) in [7, 11) is 0. The van der Waals surface area contributed by atoms with Crippen molar-refractivity contribution in [2.45, 2.75) is 25.3 Å². The lowest BCUT2D eigenvalue weighted by Crippen LogP contribution is -2.34. The lowest BCUT2D eigenvalue weighted by atomic mass is 10.1. The minimum atomic E-state index is -0.358. The Morgan fingerprint density at radius 1 is 1.10 bits per heavy atom. The summed E-state index contributed by atoms with van der Waals surface area (Å²) in [5.41, 5.74) is 0.918. The molecule has 0 bridgehead atoms. The van der Waals surface area contributed by atoms with Gasteiger partial charge in [-0.15, -0.1) is 0 Å². The number of rotatable bonds is 6. The maximum absolute atomic E-state index is 13.0. The van der Waals surface area contributed by atoms with Crippen molar-refractivity contribution >= 4 is 5.91 Å². The molecule has 5 nitrogen and oxygen atoms in total. The molecule has 4 rings (SSSR count). The number of carbonyl (C=O) groups is 1. The smallest absolute Gasteiger partial charge is 0.261 e. The van der Waals surface area contributed by atoms with Crippen molar-refractivity contribution in [1.82, 2.24) is 9.88 Å². The Labute approximate surface area is 166 Å². The molecule has 1 saturated heterocycles. The van der Waals surface area contributed by atoms with Crippen LogP contribution in [-0.2, 0) is 11.2 Å². The van der Waals surface area contributed by atoms with Gasteiger partial charge in [0.2, 0.25) is 5.89 Å². The SMILES string of the molecule is O=C(COc1ccc(F)cc1)N1CCC[C@H]1c1ncc(Cc2ccc(F)cc2)o1. The molecular weight excluding hydrogens is 378 g/mol. The van der Waals surface area contributed by atoms with E-state index >= 15 is 0 Å². The lowest BCUT2D eigenvalue weighted by molar-refractivity contribution is -0.134. The highest BCUT2D eigenvalue weighted by Gasteiger charge is 2.33. The van der Waals surface area contributed by atoms with Crippen LogP contribution in [0.15, 0.2) is 59.1 Å². The molecule has 0 saturated carbocycles. The van der Waals surface area contributed by atoms with Crippen LogP contribution in [0.2, 0.25) is 0 Å². The highest BCUT2D eigenvalue weighted by Crippen LogP contribution is 2.32. The van der Waals surface area contributed by atoms with Crippen molar-refractivity contribution < 1.29 is 22.7 Å². The maximum atomic E-state index is 13.0. The van der Waals surface area contributed by atoms with Crippen molar-refractivity contribution in [3.05, 3.63) is 83.6 Å². The molecule has 1 fully saturated rings. The highest BCUT2D eigenvalue weighted by atomic mass is 19.1. The molecule has 1 amide bonds. The maximum Gasteiger partial charge on any atom is 0.261 e. The van der Waals surface area contributed by atoms with Gasteiger partial charge in [-0.1, -0.05) is 12.1 Å². The van der Waals surface area contributed by atoms with Gasteiger partial charge in [0.15, 0.2) is 6.61 Å². The quantitative estimate of drug-likeness (QED) is 0.622. The van der Waals surface area contributed by atoms with Crippen molar-refractivity contribution in [2.24, 2.45) is 0 Å². The summed E-state index contributed by atoms with van der Waals surface area (Å²) < 4.78 is 37.4. The fourth-order valence-corrected chi connectivity index (χ4v) is 3.44. The molecule has 29 heavy (non-hydrogen) atoms. The van der Waals surface area contributed by atoms with Crippen LogP contribution >= 0.6 is 0 Å². The number of aromatic nitrogens is 1. The number of amides is 1. The third-order valence-electron chi connectivity index (χ3n) is 4.90. The fraction of sp³-hybridized carbons (Fsp3) is 0.273. The minimum absolute atomic E-state index is 0.134. The summed E-state index contributed by atoms with van der Waals surface area (Å²) in [6, 6.07) is 11.5. The van der Waals surface area contributed by atoms with Crippen LogP contribution in [0, 0.1) is 11.6 Å². The van der Waals surface area contributed by atoms with E-state index in [0.29, 0.717) is 30.4 Å². The molecule has 2 aromatic carbocycles. The van der Waals surface area contributed by atoms with E-state index < -0.39 is 0 Å². The Morgan fingerprint density at radius 2 is 1.79 bits per heavy atom. The Morgan fingerprint density at radius 3 is 2.52 bits per heavy atom. The fourth-order valence-electron chi connectivity index (χ4n) is 3.44. The van der Waals surface area contributed by atoms with E-state index in [2.05, 4.69) is 4.98 Å².